The predicted molar refractivity (Wildman–Crippen MR) is 62.5 cm³/mol. The third-order valence-corrected chi connectivity index (χ3v) is 3.52. The minimum atomic E-state index is -0.428. The summed E-state index contributed by atoms with van der Waals surface area (Å²) in [5.74, 6) is 0.947. The van der Waals surface area contributed by atoms with Gasteiger partial charge in [0.2, 0.25) is 0 Å². The van der Waals surface area contributed by atoms with Gasteiger partial charge in [0, 0.05) is 18.0 Å². The number of nitriles is 1. The molecule has 0 bridgehead atoms. The van der Waals surface area contributed by atoms with E-state index in [4.69, 9.17) is 5.53 Å². The summed E-state index contributed by atoms with van der Waals surface area (Å²) in [6.07, 6.45) is 3.17. The largest absolute Gasteiger partial charge is 0.299 e. The molecule has 5 heteroatoms. The first-order valence-corrected chi connectivity index (χ1v) is 5.82. The molecule has 1 N–H and O–H groups in total. The second kappa shape index (κ2) is 5.74. The highest BCUT2D eigenvalue weighted by Crippen LogP contribution is 2.36. The van der Waals surface area contributed by atoms with E-state index >= 15 is 0 Å². The van der Waals surface area contributed by atoms with Crippen LogP contribution >= 0.6 is 0 Å². The lowest BCUT2D eigenvalue weighted by Gasteiger charge is -2.40. The molecule has 3 atom stereocenters. The van der Waals surface area contributed by atoms with Crippen LogP contribution in [0.25, 0.3) is 10.4 Å². The topological polar surface area (TPSA) is 84.6 Å². The van der Waals surface area contributed by atoms with Gasteiger partial charge in [0.1, 0.15) is 5.54 Å². The van der Waals surface area contributed by atoms with Crippen molar-refractivity contribution in [2.75, 3.05) is 13.1 Å². The normalized spacial score (nSPS) is 33.8. The van der Waals surface area contributed by atoms with Crippen LogP contribution in [0.4, 0.5) is 0 Å². The van der Waals surface area contributed by atoms with E-state index in [1.54, 1.807) is 0 Å². The molecule has 1 rings (SSSR count). The van der Waals surface area contributed by atoms with Gasteiger partial charge in [-0.25, -0.2) is 0 Å². The van der Waals surface area contributed by atoms with Gasteiger partial charge in [-0.05, 0) is 30.2 Å². The number of nitrogens with zero attached hydrogens (tertiary/aromatic N) is 4. The summed E-state index contributed by atoms with van der Waals surface area (Å²) in [6.45, 7) is 5.29. The van der Waals surface area contributed by atoms with Crippen molar-refractivity contribution in [1.82, 2.24) is 5.32 Å². The summed E-state index contributed by atoms with van der Waals surface area (Å²) in [6, 6.07) is 2.43. The first-order chi connectivity index (χ1) is 7.64. The molecule has 3 unspecified atom stereocenters. The summed E-state index contributed by atoms with van der Waals surface area (Å²) in [4.78, 5) is 2.70. The summed E-state index contributed by atoms with van der Waals surface area (Å²) in [7, 11) is 0. The zero-order valence-corrected chi connectivity index (χ0v) is 9.98. The van der Waals surface area contributed by atoms with Crippen LogP contribution < -0.4 is 5.32 Å². The average Bonchev–Trinajstić information content (AvgIpc) is 2.29. The SMILES string of the molecule is CC1CCC(C)C(C#N)(NCCN=[N+]=[N-])C1. The highest BCUT2D eigenvalue weighted by Gasteiger charge is 2.40. The Bertz CT molecular complexity index is 315. The number of rotatable bonds is 4. The molecule has 1 aliphatic carbocycles. The lowest BCUT2D eigenvalue weighted by molar-refractivity contribution is 0.172. The second-order valence-corrected chi connectivity index (χ2v) is 4.75. The zero-order valence-electron chi connectivity index (χ0n) is 9.98. The maximum atomic E-state index is 9.37. The van der Waals surface area contributed by atoms with Gasteiger partial charge in [-0.2, -0.15) is 5.26 Å². The fraction of sp³-hybridized carbons (Fsp3) is 0.909. The third kappa shape index (κ3) is 2.88. The minimum Gasteiger partial charge on any atom is -0.299 e. The standard InChI is InChI=1S/C11H19N5/c1-9-3-4-10(2)11(7-9,8-12)14-5-6-15-16-13/h9-10,14H,3-7H2,1-2H3. The Morgan fingerprint density at radius 3 is 2.94 bits per heavy atom. The second-order valence-electron chi connectivity index (χ2n) is 4.75. The third-order valence-electron chi connectivity index (χ3n) is 3.52. The van der Waals surface area contributed by atoms with Gasteiger partial charge in [0.15, 0.2) is 0 Å². The molecule has 0 aromatic rings. The maximum Gasteiger partial charge on any atom is 0.109 e. The van der Waals surface area contributed by atoms with Crippen LogP contribution in [0.5, 0.6) is 0 Å². The van der Waals surface area contributed by atoms with Crippen LogP contribution in [0.1, 0.15) is 33.1 Å². The van der Waals surface area contributed by atoms with Crippen LogP contribution in [-0.4, -0.2) is 18.6 Å². The number of hydrogen-bond acceptors (Lipinski definition) is 3. The molecule has 0 heterocycles. The van der Waals surface area contributed by atoms with E-state index < -0.39 is 5.54 Å². The van der Waals surface area contributed by atoms with E-state index in [2.05, 4.69) is 35.3 Å². The molecule has 0 saturated heterocycles. The summed E-state index contributed by atoms with van der Waals surface area (Å²) in [5.41, 5.74) is 7.76. The smallest absolute Gasteiger partial charge is 0.109 e. The van der Waals surface area contributed by atoms with Crippen molar-refractivity contribution in [3.63, 3.8) is 0 Å². The van der Waals surface area contributed by atoms with Crippen LogP contribution in [0.2, 0.25) is 0 Å². The first-order valence-electron chi connectivity index (χ1n) is 5.82. The van der Waals surface area contributed by atoms with E-state index in [1.165, 1.54) is 6.42 Å². The van der Waals surface area contributed by atoms with Gasteiger partial charge >= 0.3 is 0 Å². The van der Waals surface area contributed by atoms with Crippen LogP contribution in [0.3, 0.4) is 0 Å². The number of nitrogens with one attached hydrogen (secondary N) is 1. The minimum absolute atomic E-state index is 0.361. The molecule has 5 nitrogen and oxygen atoms in total. The molecule has 0 aromatic carbocycles. The van der Waals surface area contributed by atoms with Gasteiger partial charge in [0.25, 0.3) is 0 Å². The summed E-state index contributed by atoms with van der Waals surface area (Å²) in [5, 5.41) is 16.1. The number of azide groups is 1. The van der Waals surface area contributed by atoms with Crippen molar-refractivity contribution in [3.05, 3.63) is 10.4 Å². The maximum absolute atomic E-state index is 9.37. The van der Waals surface area contributed by atoms with Gasteiger partial charge in [0.05, 0.1) is 6.07 Å². The molecule has 0 aromatic heterocycles. The molecule has 0 amide bonds. The van der Waals surface area contributed by atoms with Crippen molar-refractivity contribution in [2.45, 2.75) is 38.6 Å². The highest BCUT2D eigenvalue weighted by atomic mass is 15.1. The Labute approximate surface area is 96.5 Å². The molecular formula is C11H19N5. The van der Waals surface area contributed by atoms with Gasteiger partial charge in [-0.3, -0.25) is 5.32 Å². The molecule has 1 fully saturated rings. The molecule has 0 aliphatic heterocycles. The van der Waals surface area contributed by atoms with E-state index in [-0.39, 0.29) is 0 Å². The average molecular weight is 221 g/mol. The predicted octanol–water partition coefficient (Wildman–Crippen LogP) is 2.60. The van der Waals surface area contributed by atoms with Gasteiger partial charge in [-0.15, -0.1) is 0 Å². The Hall–Kier alpha value is -1.24. The van der Waals surface area contributed by atoms with Crippen molar-refractivity contribution >= 4 is 0 Å². The summed E-state index contributed by atoms with van der Waals surface area (Å²) >= 11 is 0. The van der Waals surface area contributed by atoms with E-state index in [9.17, 15) is 5.26 Å². The molecular weight excluding hydrogens is 202 g/mol. The molecule has 0 radical (unpaired) electrons. The van der Waals surface area contributed by atoms with E-state index in [1.807, 2.05) is 0 Å². The highest BCUT2D eigenvalue weighted by molar-refractivity contribution is 5.12. The number of hydrogen-bond donors (Lipinski definition) is 1. The lowest BCUT2D eigenvalue weighted by Crippen LogP contribution is -2.53. The summed E-state index contributed by atoms with van der Waals surface area (Å²) < 4.78 is 0. The Balaban J connectivity index is 2.60. The Morgan fingerprint density at radius 1 is 1.56 bits per heavy atom. The molecule has 1 saturated carbocycles. The van der Waals surface area contributed by atoms with Crippen molar-refractivity contribution < 1.29 is 0 Å². The fourth-order valence-corrected chi connectivity index (χ4v) is 2.45. The molecule has 1 aliphatic rings. The van der Waals surface area contributed by atoms with Crippen LogP contribution in [0.15, 0.2) is 5.11 Å². The molecule has 0 spiro atoms. The van der Waals surface area contributed by atoms with E-state index in [0.29, 0.717) is 24.9 Å². The fourth-order valence-electron chi connectivity index (χ4n) is 2.45. The van der Waals surface area contributed by atoms with Crippen molar-refractivity contribution in [2.24, 2.45) is 17.0 Å². The Morgan fingerprint density at radius 2 is 2.31 bits per heavy atom. The van der Waals surface area contributed by atoms with Crippen molar-refractivity contribution in [3.8, 4) is 6.07 Å². The van der Waals surface area contributed by atoms with Gasteiger partial charge < -0.3 is 0 Å². The monoisotopic (exact) mass is 221 g/mol. The van der Waals surface area contributed by atoms with Crippen molar-refractivity contribution in [1.29, 1.82) is 5.26 Å². The van der Waals surface area contributed by atoms with Crippen LogP contribution in [-0.2, 0) is 0 Å². The van der Waals surface area contributed by atoms with Crippen LogP contribution in [0, 0.1) is 23.2 Å². The Kier molecular flexibility index (Phi) is 4.60. The van der Waals surface area contributed by atoms with Gasteiger partial charge in [-0.1, -0.05) is 25.4 Å². The quantitative estimate of drug-likeness (QED) is 0.342. The molecule has 16 heavy (non-hydrogen) atoms. The van der Waals surface area contributed by atoms with E-state index in [0.717, 1.165) is 12.8 Å². The zero-order chi connectivity index (χ0) is 12.0. The first kappa shape index (κ1) is 12.8. The lowest BCUT2D eigenvalue weighted by atomic mass is 9.70. The molecule has 88 valence electrons.